The zero-order valence-corrected chi connectivity index (χ0v) is 9.93. The summed E-state index contributed by atoms with van der Waals surface area (Å²) in [4.78, 5) is 0. The molecule has 2 unspecified atom stereocenters. The molecule has 0 aliphatic carbocycles. The van der Waals surface area contributed by atoms with Gasteiger partial charge in [0.25, 0.3) is 0 Å². The first-order chi connectivity index (χ1) is 7.53. The lowest BCUT2D eigenvalue weighted by Crippen LogP contribution is -2.37. The summed E-state index contributed by atoms with van der Waals surface area (Å²) in [7, 11) is 0. The molecule has 4 heteroatoms. The van der Waals surface area contributed by atoms with E-state index in [1.54, 1.807) is 0 Å². The van der Waals surface area contributed by atoms with Gasteiger partial charge in [-0.25, -0.2) is 4.39 Å². The minimum Gasteiger partial charge on any atom is -0.373 e. The largest absolute Gasteiger partial charge is 0.373 e. The molecule has 16 heavy (non-hydrogen) atoms. The van der Waals surface area contributed by atoms with E-state index >= 15 is 0 Å². The van der Waals surface area contributed by atoms with Gasteiger partial charge in [0.2, 0.25) is 0 Å². The smallest absolute Gasteiger partial charge is 0.123 e. The highest BCUT2D eigenvalue weighted by molar-refractivity contribution is 6.31. The zero-order valence-electron chi connectivity index (χ0n) is 9.17. The summed E-state index contributed by atoms with van der Waals surface area (Å²) >= 11 is 6.03. The lowest BCUT2D eigenvalue weighted by molar-refractivity contribution is -0.00177. The highest BCUT2D eigenvalue weighted by Gasteiger charge is 2.38. The van der Waals surface area contributed by atoms with Crippen LogP contribution in [0.5, 0.6) is 0 Å². The molecular formula is C12H15ClFNO. The van der Waals surface area contributed by atoms with Crippen molar-refractivity contribution < 1.29 is 9.13 Å². The van der Waals surface area contributed by atoms with Crippen molar-refractivity contribution in [2.45, 2.75) is 31.4 Å². The van der Waals surface area contributed by atoms with Crippen LogP contribution in [0.2, 0.25) is 5.02 Å². The summed E-state index contributed by atoms with van der Waals surface area (Å²) < 4.78 is 18.8. The van der Waals surface area contributed by atoms with E-state index in [4.69, 9.17) is 22.1 Å². The van der Waals surface area contributed by atoms with Crippen LogP contribution in [0, 0.1) is 5.82 Å². The minimum atomic E-state index is -0.433. The summed E-state index contributed by atoms with van der Waals surface area (Å²) in [6.07, 6.45) is 1.86. The van der Waals surface area contributed by atoms with E-state index in [-0.39, 0.29) is 5.82 Å². The molecule has 1 aliphatic heterocycles. The van der Waals surface area contributed by atoms with Gasteiger partial charge < -0.3 is 10.5 Å². The van der Waals surface area contributed by atoms with Crippen molar-refractivity contribution in [3.05, 3.63) is 34.6 Å². The number of halogens is 2. The Morgan fingerprint density at radius 1 is 1.56 bits per heavy atom. The predicted molar refractivity (Wildman–Crippen MR) is 61.9 cm³/mol. The maximum absolute atomic E-state index is 13.2. The second-order valence-corrected chi connectivity index (χ2v) is 4.82. The van der Waals surface area contributed by atoms with Crippen molar-refractivity contribution in [3.8, 4) is 0 Å². The van der Waals surface area contributed by atoms with E-state index in [1.807, 2.05) is 6.92 Å². The minimum absolute atomic E-state index is 0.323. The van der Waals surface area contributed by atoms with Gasteiger partial charge >= 0.3 is 0 Å². The number of hydrogen-bond acceptors (Lipinski definition) is 2. The molecule has 2 atom stereocenters. The van der Waals surface area contributed by atoms with E-state index in [0.29, 0.717) is 17.2 Å². The topological polar surface area (TPSA) is 35.2 Å². The molecule has 0 bridgehead atoms. The van der Waals surface area contributed by atoms with Crippen LogP contribution in [0.3, 0.4) is 0 Å². The fourth-order valence-corrected chi connectivity index (χ4v) is 2.36. The number of hydrogen-bond donors (Lipinski definition) is 1. The van der Waals surface area contributed by atoms with E-state index < -0.39 is 11.6 Å². The Bertz CT molecular complexity index is 391. The van der Waals surface area contributed by atoms with Crippen LogP contribution in [0.25, 0.3) is 0 Å². The lowest BCUT2D eigenvalue weighted by Gasteiger charge is -2.31. The summed E-state index contributed by atoms with van der Waals surface area (Å²) in [6.45, 7) is 2.66. The standard InChI is InChI=1S/C12H15ClFNO/c1-12(5-2-6-16-12)11(15)9-7-8(14)3-4-10(9)13/h3-4,7,11H,2,5-6,15H2,1H3. The Balaban J connectivity index is 2.32. The average Bonchev–Trinajstić information content (AvgIpc) is 2.69. The molecule has 1 aromatic rings. The Morgan fingerprint density at radius 2 is 2.31 bits per heavy atom. The van der Waals surface area contributed by atoms with Gasteiger partial charge in [0.15, 0.2) is 0 Å². The summed E-state index contributed by atoms with van der Waals surface area (Å²) in [5.74, 6) is -0.323. The van der Waals surface area contributed by atoms with E-state index in [0.717, 1.165) is 12.8 Å². The number of rotatable bonds is 2. The maximum Gasteiger partial charge on any atom is 0.123 e. The molecule has 0 radical (unpaired) electrons. The molecule has 0 aromatic heterocycles. The first kappa shape index (κ1) is 11.8. The van der Waals surface area contributed by atoms with Crippen molar-refractivity contribution in [1.29, 1.82) is 0 Å². The van der Waals surface area contributed by atoms with Crippen LogP contribution >= 0.6 is 11.6 Å². The number of benzene rings is 1. The average molecular weight is 244 g/mol. The third kappa shape index (κ3) is 2.08. The van der Waals surface area contributed by atoms with Crippen molar-refractivity contribution in [1.82, 2.24) is 0 Å². The highest BCUT2D eigenvalue weighted by Crippen LogP contribution is 2.38. The van der Waals surface area contributed by atoms with Crippen LogP contribution in [0.1, 0.15) is 31.4 Å². The third-order valence-electron chi connectivity index (χ3n) is 3.20. The summed E-state index contributed by atoms with van der Waals surface area (Å²) in [5.41, 5.74) is 6.31. The molecule has 2 nitrogen and oxygen atoms in total. The van der Waals surface area contributed by atoms with Crippen LogP contribution in [-0.2, 0) is 4.74 Å². The van der Waals surface area contributed by atoms with E-state index in [9.17, 15) is 4.39 Å². The predicted octanol–water partition coefficient (Wildman–Crippen LogP) is 3.05. The van der Waals surface area contributed by atoms with E-state index in [1.165, 1.54) is 18.2 Å². The molecular weight excluding hydrogens is 229 g/mol. The van der Waals surface area contributed by atoms with Crippen molar-refractivity contribution in [3.63, 3.8) is 0 Å². The SMILES string of the molecule is CC1(C(N)c2cc(F)ccc2Cl)CCCO1. The molecule has 2 rings (SSSR count). The van der Waals surface area contributed by atoms with Crippen LogP contribution in [0.15, 0.2) is 18.2 Å². The Hall–Kier alpha value is -0.640. The highest BCUT2D eigenvalue weighted by atomic mass is 35.5. The quantitative estimate of drug-likeness (QED) is 0.867. The van der Waals surface area contributed by atoms with Crippen molar-refractivity contribution in [2.24, 2.45) is 5.73 Å². The molecule has 88 valence electrons. The van der Waals surface area contributed by atoms with Crippen LogP contribution < -0.4 is 5.73 Å². The van der Waals surface area contributed by atoms with Gasteiger partial charge in [0, 0.05) is 11.6 Å². The summed E-state index contributed by atoms with van der Waals surface area (Å²) in [5, 5.41) is 0.491. The van der Waals surface area contributed by atoms with Gasteiger partial charge in [-0.15, -0.1) is 0 Å². The first-order valence-electron chi connectivity index (χ1n) is 5.37. The van der Waals surface area contributed by atoms with Crippen molar-refractivity contribution >= 4 is 11.6 Å². The zero-order chi connectivity index (χ0) is 11.8. The molecule has 0 spiro atoms. The molecule has 2 N–H and O–H groups in total. The van der Waals surface area contributed by atoms with Crippen LogP contribution in [0.4, 0.5) is 4.39 Å². The molecule has 1 saturated heterocycles. The molecule has 1 aromatic carbocycles. The van der Waals surface area contributed by atoms with E-state index in [2.05, 4.69) is 0 Å². The molecule has 1 fully saturated rings. The fourth-order valence-electron chi connectivity index (χ4n) is 2.13. The first-order valence-corrected chi connectivity index (χ1v) is 5.75. The third-order valence-corrected chi connectivity index (χ3v) is 3.54. The fraction of sp³-hybridized carbons (Fsp3) is 0.500. The Morgan fingerprint density at radius 3 is 2.94 bits per heavy atom. The van der Waals surface area contributed by atoms with Gasteiger partial charge in [-0.3, -0.25) is 0 Å². The second-order valence-electron chi connectivity index (χ2n) is 4.41. The van der Waals surface area contributed by atoms with Gasteiger partial charge in [0.1, 0.15) is 5.82 Å². The van der Waals surface area contributed by atoms with Crippen molar-refractivity contribution in [2.75, 3.05) is 6.61 Å². The Labute approximate surface area is 99.5 Å². The molecule has 0 amide bonds. The monoisotopic (exact) mass is 243 g/mol. The van der Waals surface area contributed by atoms with Gasteiger partial charge in [0.05, 0.1) is 11.6 Å². The number of nitrogens with two attached hydrogens (primary N) is 1. The molecule has 1 heterocycles. The van der Waals surface area contributed by atoms with Gasteiger partial charge in [-0.05, 0) is 43.5 Å². The Kier molecular flexibility index (Phi) is 3.19. The van der Waals surface area contributed by atoms with Crippen LogP contribution in [-0.4, -0.2) is 12.2 Å². The molecule has 0 saturated carbocycles. The van der Waals surface area contributed by atoms with Gasteiger partial charge in [-0.1, -0.05) is 11.6 Å². The van der Waals surface area contributed by atoms with Gasteiger partial charge in [-0.2, -0.15) is 0 Å². The lowest BCUT2D eigenvalue weighted by atomic mass is 9.88. The normalized spacial score (nSPS) is 27.0. The number of ether oxygens (including phenoxy) is 1. The summed E-state index contributed by atoms with van der Waals surface area (Å²) in [6, 6.07) is 3.86. The second kappa shape index (κ2) is 4.32. The maximum atomic E-state index is 13.2. The molecule has 1 aliphatic rings.